The topological polar surface area (TPSA) is 36.4 Å². The van der Waals surface area contributed by atoms with Crippen molar-refractivity contribution in [3.05, 3.63) is 28.2 Å². The van der Waals surface area contributed by atoms with Crippen LogP contribution in [0.1, 0.15) is 25.7 Å². The molecule has 0 aromatic heterocycles. The van der Waals surface area contributed by atoms with E-state index < -0.39 is 0 Å². The second-order valence-electron chi connectivity index (χ2n) is 4.80. The minimum atomic E-state index is 0.405. The smallest absolute Gasteiger partial charge is 0.196 e. The van der Waals surface area contributed by atoms with Crippen LogP contribution >= 0.6 is 23.2 Å². The molecule has 1 aliphatic heterocycles. The van der Waals surface area contributed by atoms with Crippen LogP contribution in [0.4, 0.5) is 5.69 Å². The average Bonchev–Trinajstić information content (AvgIpc) is 2.76. The zero-order valence-electron chi connectivity index (χ0n) is 9.92. The Balaban J connectivity index is 1.77. The predicted octanol–water partition coefficient (Wildman–Crippen LogP) is 3.68. The minimum absolute atomic E-state index is 0.405. The van der Waals surface area contributed by atoms with E-state index in [1.54, 1.807) is 0 Å². The Morgan fingerprint density at radius 1 is 1.17 bits per heavy atom. The van der Waals surface area contributed by atoms with Crippen LogP contribution in [-0.2, 0) is 0 Å². The van der Waals surface area contributed by atoms with Crippen molar-refractivity contribution in [3.63, 3.8) is 0 Å². The summed E-state index contributed by atoms with van der Waals surface area (Å²) in [6.45, 7) is 0. The van der Waals surface area contributed by atoms with Crippen LogP contribution in [-0.4, -0.2) is 18.0 Å². The highest BCUT2D eigenvalue weighted by Crippen LogP contribution is 2.31. The number of halogens is 2. The molecule has 3 rings (SSSR count). The molecule has 0 spiro atoms. The summed E-state index contributed by atoms with van der Waals surface area (Å²) in [7, 11) is 0. The van der Waals surface area contributed by atoms with Gasteiger partial charge in [-0.1, -0.05) is 42.1 Å². The van der Waals surface area contributed by atoms with Gasteiger partial charge >= 0.3 is 0 Å². The van der Waals surface area contributed by atoms with Crippen molar-refractivity contribution in [3.8, 4) is 0 Å². The number of anilines is 1. The maximum absolute atomic E-state index is 6.13. The Bertz CT molecular complexity index is 467. The molecule has 2 atom stereocenters. The lowest BCUT2D eigenvalue weighted by Crippen LogP contribution is -2.38. The van der Waals surface area contributed by atoms with Crippen molar-refractivity contribution in [1.82, 2.24) is 5.32 Å². The summed E-state index contributed by atoms with van der Waals surface area (Å²) in [6, 6.07) is 6.35. The van der Waals surface area contributed by atoms with Crippen LogP contribution in [0.25, 0.3) is 0 Å². The fourth-order valence-corrected chi connectivity index (χ4v) is 3.11. The van der Waals surface area contributed by atoms with E-state index in [1.165, 1.54) is 25.7 Å². The average molecular weight is 284 g/mol. The monoisotopic (exact) mass is 283 g/mol. The first kappa shape index (κ1) is 12.1. The Morgan fingerprint density at radius 2 is 1.89 bits per heavy atom. The summed E-state index contributed by atoms with van der Waals surface area (Å²) in [5.41, 5.74) is 0.728. The summed E-state index contributed by atoms with van der Waals surface area (Å²) in [5.74, 6) is 0.793. The van der Waals surface area contributed by atoms with Gasteiger partial charge in [-0.05, 0) is 25.0 Å². The molecule has 2 N–H and O–H groups in total. The molecule has 1 aromatic rings. The summed E-state index contributed by atoms with van der Waals surface area (Å²) in [6.07, 6.45) is 4.91. The first-order valence-corrected chi connectivity index (χ1v) is 7.05. The lowest BCUT2D eigenvalue weighted by atomic mass is 9.92. The maximum atomic E-state index is 6.13. The molecule has 0 amide bonds. The third-order valence-electron chi connectivity index (χ3n) is 3.55. The Labute approximate surface area is 117 Å². The van der Waals surface area contributed by atoms with E-state index in [2.05, 4.69) is 15.6 Å². The summed E-state index contributed by atoms with van der Waals surface area (Å²) >= 11 is 12.3. The van der Waals surface area contributed by atoms with E-state index in [0.717, 1.165) is 11.6 Å². The van der Waals surface area contributed by atoms with Gasteiger partial charge in [0.2, 0.25) is 0 Å². The molecule has 0 saturated heterocycles. The summed E-state index contributed by atoms with van der Waals surface area (Å²) in [5, 5.41) is 7.85. The molecule has 0 bridgehead atoms. The molecule has 1 saturated carbocycles. The number of fused-ring (bicyclic) bond motifs is 1. The number of nitrogens with one attached hydrogen (secondary N) is 2. The van der Waals surface area contributed by atoms with Crippen LogP contribution in [0, 0.1) is 0 Å². The van der Waals surface area contributed by atoms with E-state index in [-0.39, 0.29) is 0 Å². The van der Waals surface area contributed by atoms with Gasteiger partial charge in [0.25, 0.3) is 0 Å². The molecule has 0 radical (unpaired) electrons. The number of hydrogen-bond acceptors (Lipinski definition) is 3. The number of guanidine groups is 1. The van der Waals surface area contributed by atoms with Gasteiger partial charge in [-0.25, -0.2) is 4.99 Å². The molecule has 5 heteroatoms. The van der Waals surface area contributed by atoms with Crippen molar-refractivity contribution >= 4 is 34.8 Å². The maximum Gasteiger partial charge on any atom is 0.196 e. The number of nitrogens with zero attached hydrogens (tertiary/aromatic N) is 1. The highest BCUT2D eigenvalue weighted by molar-refractivity contribution is 6.39. The number of rotatable bonds is 1. The van der Waals surface area contributed by atoms with E-state index in [4.69, 9.17) is 23.2 Å². The third-order valence-corrected chi connectivity index (χ3v) is 4.18. The van der Waals surface area contributed by atoms with Crippen LogP contribution in [0.5, 0.6) is 0 Å². The molecule has 18 heavy (non-hydrogen) atoms. The molecular formula is C13H15Cl2N3. The number of para-hydroxylation sites is 1. The van der Waals surface area contributed by atoms with Crippen molar-refractivity contribution < 1.29 is 0 Å². The van der Waals surface area contributed by atoms with Crippen LogP contribution in [0.3, 0.4) is 0 Å². The molecule has 0 unspecified atom stereocenters. The van der Waals surface area contributed by atoms with Gasteiger partial charge in [0.1, 0.15) is 0 Å². The van der Waals surface area contributed by atoms with E-state index >= 15 is 0 Å². The highest BCUT2D eigenvalue weighted by atomic mass is 35.5. The second-order valence-corrected chi connectivity index (χ2v) is 5.62. The quantitative estimate of drug-likeness (QED) is 0.825. The van der Waals surface area contributed by atoms with Crippen molar-refractivity contribution in [2.24, 2.45) is 4.99 Å². The lowest BCUT2D eigenvalue weighted by molar-refractivity contribution is 0.384. The van der Waals surface area contributed by atoms with Gasteiger partial charge in [0, 0.05) is 0 Å². The van der Waals surface area contributed by atoms with Gasteiger partial charge in [-0.2, -0.15) is 0 Å². The summed E-state index contributed by atoms with van der Waals surface area (Å²) < 4.78 is 0. The van der Waals surface area contributed by atoms with Gasteiger partial charge in [-0.3, -0.25) is 0 Å². The van der Waals surface area contributed by atoms with Crippen LogP contribution in [0.15, 0.2) is 23.2 Å². The van der Waals surface area contributed by atoms with E-state index in [0.29, 0.717) is 22.1 Å². The van der Waals surface area contributed by atoms with Crippen molar-refractivity contribution in [2.45, 2.75) is 37.8 Å². The predicted molar refractivity (Wildman–Crippen MR) is 76.7 cm³/mol. The standard InChI is InChI=1S/C13H15Cl2N3/c14-8-4-3-5-9(15)12(8)18-13-16-10-6-1-2-7-11(10)17-13/h3-5,10-11H,1-2,6-7H2,(H2,16,17,18)/t10-,11-/m0/s1. The molecule has 1 aromatic carbocycles. The molecule has 2 aliphatic rings. The number of aliphatic imine (C=N–C) groups is 1. The minimum Gasteiger partial charge on any atom is -0.351 e. The molecule has 1 heterocycles. The lowest BCUT2D eigenvalue weighted by Gasteiger charge is -2.23. The zero-order chi connectivity index (χ0) is 12.5. The van der Waals surface area contributed by atoms with Gasteiger partial charge < -0.3 is 10.6 Å². The Kier molecular flexibility index (Phi) is 3.35. The van der Waals surface area contributed by atoms with E-state index in [9.17, 15) is 0 Å². The molecule has 96 valence electrons. The fraction of sp³-hybridized carbons (Fsp3) is 0.462. The highest BCUT2D eigenvalue weighted by Gasteiger charge is 2.31. The van der Waals surface area contributed by atoms with Gasteiger partial charge in [0.15, 0.2) is 5.96 Å². The van der Waals surface area contributed by atoms with Crippen molar-refractivity contribution in [2.75, 3.05) is 5.32 Å². The fourth-order valence-electron chi connectivity index (χ4n) is 2.62. The SMILES string of the molecule is Clc1cccc(Cl)c1NC1=N[C@H]2CCCC[C@@H]2N1. The first-order valence-electron chi connectivity index (χ1n) is 6.29. The van der Waals surface area contributed by atoms with Gasteiger partial charge in [-0.15, -0.1) is 0 Å². The molecule has 3 nitrogen and oxygen atoms in total. The normalized spacial score (nSPS) is 26.2. The Morgan fingerprint density at radius 3 is 2.61 bits per heavy atom. The molecule has 1 fully saturated rings. The van der Waals surface area contributed by atoms with Crippen LogP contribution in [0.2, 0.25) is 10.0 Å². The summed E-state index contributed by atoms with van der Waals surface area (Å²) in [4.78, 5) is 4.66. The second kappa shape index (κ2) is 4.98. The Hall–Kier alpha value is -0.930. The van der Waals surface area contributed by atoms with Crippen LogP contribution < -0.4 is 10.6 Å². The first-order chi connectivity index (χ1) is 8.74. The van der Waals surface area contributed by atoms with Gasteiger partial charge in [0.05, 0.1) is 27.8 Å². The van der Waals surface area contributed by atoms with E-state index in [1.807, 2.05) is 18.2 Å². The molecule has 1 aliphatic carbocycles. The molecular weight excluding hydrogens is 269 g/mol. The number of benzene rings is 1. The largest absolute Gasteiger partial charge is 0.351 e. The number of hydrogen-bond donors (Lipinski definition) is 2. The third kappa shape index (κ3) is 2.29. The zero-order valence-corrected chi connectivity index (χ0v) is 11.4. The van der Waals surface area contributed by atoms with Crippen molar-refractivity contribution in [1.29, 1.82) is 0 Å².